The van der Waals surface area contributed by atoms with Gasteiger partial charge in [0.1, 0.15) is 17.3 Å². The Morgan fingerprint density at radius 3 is 2.28 bits per heavy atom. The third-order valence-corrected chi connectivity index (χ3v) is 5.34. The van der Waals surface area contributed by atoms with Crippen molar-refractivity contribution in [3.63, 3.8) is 0 Å². The molecule has 2 rings (SSSR count). The van der Waals surface area contributed by atoms with Gasteiger partial charge in [-0.3, -0.25) is 4.79 Å². The Kier molecular flexibility index (Phi) is 7.58. The average molecular weight is 425 g/mol. The molecule has 0 saturated heterocycles. The van der Waals surface area contributed by atoms with Crippen molar-refractivity contribution in [3.8, 4) is 11.5 Å². The van der Waals surface area contributed by atoms with Crippen LogP contribution in [-0.2, 0) is 26.2 Å². The highest BCUT2D eigenvalue weighted by Gasteiger charge is 2.21. The first-order chi connectivity index (χ1) is 13.7. The summed E-state index contributed by atoms with van der Waals surface area (Å²) in [7, 11) is -1.37. The monoisotopic (exact) mass is 425 g/mol. The van der Waals surface area contributed by atoms with E-state index in [1.54, 1.807) is 17.0 Å². The van der Waals surface area contributed by atoms with E-state index in [9.17, 15) is 17.6 Å². The Bertz CT molecular complexity index is 944. The Labute approximate surface area is 170 Å². The summed E-state index contributed by atoms with van der Waals surface area (Å²) in [6.07, 6.45) is 0. The maximum atomic E-state index is 13.1. The Balaban J connectivity index is 2.32. The molecule has 0 aliphatic rings. The average Bonchev–Trinajstić information content (AvgIpc) is 2.66. The van der Waals surface area contributed by atoms with Crippen LogP contribution < -0.4 is 8.92 Å². The summed E-state index contributed by atoms with van der Waals surface area (Å²) in [4.78, 5) is 13.7. The summed E-state index contributed by atoms with van der Waals surface area (Å²) in [6.45, 7) is 3.91. The molecule has 0 spiro atoms. The van der Waals surface area contributed by atoms with Gasteiger partial charge in [-0.2, -0.15) is 8.42 Å². The van der Waals surface area contributed by atoms with Crippen molar-refractivity contribution >= 4 is 16.0 Å². The molecule has 0 unspecified atom stereocenters. The van der Waals surface area contributed by atoms with Crippen molar-refractivity contribution in [2.45, 2.75) is 31.3 Å². The molecular weight excluding hydrogens is 401 g/mol. The molecule has 0 heterocycles. The number of nitrogens with zero attached hydrogens (tertiary/aromatic N) is 1. The highest BCUT2D eigenvalue weighted by Crippen LogP contribution is 2.31. The lowest BCUT2D eigenvalue weighted by Gasteiger charge is -2.27. The van der Waals surface area contributed by atoms with Gasteiger partial charge in [-0.05, 0) is 55.8 Å². The zero-order valence-corrected chi connectivity index (χ0v) is 17.5. The predicted molar refractivity (Wildman–Crippen MR) is 105 cm³/mol. The first-order valence-corrected chi connectivity index (χ1v) is 10.2. The number of rotatable bonds is 9. The van der Waals surface area contributed by atoms with E-state index in [0.717, 1.165) is 24.3 Å². The lowest BCUT2D eigenvalue weighted by Crippen LogP contribution is -2.38. The van der Waals surface area contributed by atoms with Crippen LogP contribution in [0.1, 0.15) is 19.4 Å². The van der Waals surface area contributed by atoms with Crippen molar-refractivity contribution in [1.29, 1.82) is 0 Å². The number of hydrogen-bond acceptors (Lipinski definition) is 6. The van der Waals surface area contributed by atoms with E-state index in [0.29, 0.717) is 5.56 Å². The summed E-state index contributed by atoms with van der Waals surface area (Å²) in [5.74, 6) is -0.575. The van der Waals surface area contributed by atoms with Gasteiger partial charge in [0.25, 0.3) is 0 Å². The molecule has 29 heavy (non-hydrogen) atoms. The summed E-state index contributed by atoms with van der Waals surface area (Å²) in [5.41, 5.74) is 0.647. The van der Waals surface area contributed by atoms with Crippen molar-refractivity contribution in [2.75, 3.05) is 20.8 Å². The molecule has 0 N–H and O–H groups in total. The number of hydrogen-bond donors (Lipinski definition) is 0. The molecule has 0 aliphatic heterocycles. The van der Waals surface area contributed by atoms with E-state index in [4.69, 9.17) is 13.7 Å². The zero-order valence-electron chi connectivity index (χ0n) is 16.7. The third kappa shape index (κ3) is 5.91. The van der Waals surface area contributed by atoms with E-state index in [1.807, 2.05) is 13.8 Å². The molecule has 2 aromatic rings. The number of ether oxygens (including phenoxy) is 2. The molecule has 2 aromatic carbocycles. The van der Waals surface area contributed by atoms with Gasteiger partial charge >= 0.3 is 10.1 Å². The first-order valence-electron chi connectivity index (χ1n) is 8.83. The van der Waals surface area contributed by atoms with E-state index in [2.05, 4.69) is 0 Å². The third-order valence-electron chi connectivity index (χ3n) is 4.09. The van der Waals surface area contributed by atoms with Crippen LogP contribution in [0, 0.1) is 5.82 Å². The summed E-state index contributed by atoms with van der Waals surface area (Å²) < 4.78 is 53.5. The standard InChI is InChI=1S/C20H24FNO6S/c1-14(2)22(20(23)13-26-3)12-15-5-10-18(27-4)19(11-15)28-29(24,25)17-8-6-16(21)7-9-17/h5-11,14H,12-13H2,1-4H3. The van der Waals surface area contributed by atoms with Crippen molar-refractivity contribution in [3.05, 3.63) is 53.8 Å². The first kappa shape index (κ1) is 22.6. The second kappa shape index (κ2) is 9.71. The molecule has 0 saturated carbocycles. The van der Waals surface area contributed by atoms with Crippen LogP contribution in [0.4, 0.5) is 4.39 Å². The van der Waals surface area contributed by atoms with E-state index in [-0.39, 0.29) is 41.5 Å². The second-order valence-electron chi connectivity index (χ2n) is 6.52. The SMILES string of the molecule is COCC(=O)N(Cc1ccc(OC)c(OS(=O)(=O)c2ccc(F)cc2)c1)C(C)C. The van der Waals surface area contributed by atoms with Crippen molar-refractivity contribution in [2.24, 2.45) is 0 Å². The highest BCUT2D eigenvalue weighted by atomic mass is 32.2. The van der Waals surface area contributed by atoms with Crippen LogP contribution in [0.15, 0.2) is 47.4 Å². The molecular formula is C20H24FNO6S. The van der Waals surface area contributed by atoms with Gasteiger partial charge < -0.3 is 18.6 Å². The molecule has 7 nitrogen and oxygen atoms in total. The van der Waals surface area contributed by atoms with Gasteiger partial charge in [0.15, 0.2) is 11.5 Å². The lowest BCUT2D eigenvalue weighted by molar-refractivity contribution is -0.137. The summed E-state index contributed by atoms with van der Waals surface area (Å²) in [6, 6.07) is 8.98. The number of methoxy groups -OCH3 is 2. The van der Waals surface area contributed by atoms with Crippen molar-refractivity contribution < 1.29 is 31.3 Å². The smallest absolute Gasteiger partial charge is 0.339 e. The van der Waals surface area contributed by atoms with Gasteiger partial charge in [0.2, 0.25) is 5.91 Å². The number of carbonyl (C=O) groups is 1. The summed E-state index contributed by atoms with van der Waals surface area (Å²) >= 11 is 0. The van der Waals surface area contributed by atoms with Crippen LogP contribution in [0.5, 0.6) is 11.5 Å². The Morgan fingerprint density at radius 1 is 1.07 bits per heavy atom. The van der Waals surface area contributed by atoms with E-state index in [1.165, 1.54) is 20.3 Å². The Morgan fingerprint density at radius 2 is 1.72 bits per heavy atom. The number of amides is 1. The fraction of sp³-hybridized carbons (Fsp3) is 0.350. The second-order valence-corrected chi connectivity index (χ2v) is 8.07. The largest absolute Gasteiger partial charge is 0.493 e. The number of benzene rings is 2. The minimum absolute atomic E-state index is 0.0304. The quantitative estimate of drug-likeness (QED) is 0.575. The van der Waals surface area contributed by atoms with Gasteiger partial charge in [-0.1, -0.05) is 6.07 Å². The Hall–Kier alpha value is -2.65. The molecule has 0 bridgehead atoms. The molecule has 0 radical (unpaired) electrons. The molecule has 0 fully saturated rings. The molecule has 0 atom stereocenters. The minimum Gasteiger partial charge on any atom is -0.493 e. The summed E-state index contributed by atoms with van der Waals surface area (Å²) in [5, 5.41) is 0. The fourth-order valence-electron chi connectivity index (χ4n) is 2.61. The predicted octanol–water partition coefficient (Wildman–Crippen LogP) is 2.99. The molecule has 0 aliphatic carbocycles. The van der Waals surface area contributed by atoms with Gasteiger partial charge in [-0.15, -0.1) is 0 Å². The molecule has 9 heteroatoms. The van der Waals surface area contributed by atoms with Gasteiger partial charge in [-0.25, -0.2) is 4.39 Å². The van der Waals surface area contributed by atoms with Crippen LogP contribution in [-0.4, -0.2) is 46.1 Å². The maximum Gasteiger partial charge on any atom is 0.339 e. The van der Waals surface area contributed by atoms with Crippen LogP contribution in [0.3, 0.4) is 0 Å². The number of carbonyl (C=O) groups excluding carboxylic acids is 1. The molecule has 0 aromatic heterocycles. The normalized spacial score (nSPS) is 11.4. The van der Waals surface area contributed by atoms with Gasteiger partial charge in [0.05, 0.1) is 7.11 Å². The van der Waals surface area contributed by atoms with Crippen LogP contribution >= 0.6 is 0 Å². The van der Waals surface area contributed by atoms with Gasteiger partial charge in [0, 0.05) is 19.7 Å². The van der Waals surface area contributed by atoms with Crippen LogP contribution in [0.2, 0.25) is 0 Å². The maximum absolute atomic E-state index is 13.1. The molecule has 1 amide bonds. The zero-order chi connectivity index (χ0) is 21.6. The fourth-order valence-corrected chi connectivity index (χ4v) is 3.55. The van der Waals surface area contributed by atoms with Crippen LogP contribution in [0.25, 0.3) is 0 Å². The number of halogens is 1. The lowest BCUT2D eigenvalue weighted by atomic mass is 10.1. The molecule has 158 valence electrons. The van der Waals surface area contributed by atoms with E-state index < -0.39 is 15.9 Å². The van der Waals surface area contributed by atoms with E-state index >= 15 is 0 Å². The van der Waals surface area contributed by atoms with Crippen molar-refractivity contribution in [1.82, 2.24) is 4.90 Å². The topological polar surface area (TPSA) is 82.1 Å². The highest BCUT2D eigenvalue weighted by molar-refractivity contribution is 7.87. The minimum atomic E-state index is -4.20.